The number of anilines is 2. The van der Waals surface area contributed by atoms with Crippen molar-refractivity contribution in [3.05, 3.63) is 44.5 Å². The van der Waals surface area contributed by atoms with Crippen LogP contribution in [0.1, 0.15) is 16.7 Å². The standard InChI is InChI=1S/C13H13BrClN3/c1-7-4-5-11(10(14)6-7)16-13-9(3)8(2)12(15)17-18-13/h4-6H,1-3H3,(H,16,18). The normalized spacial score (nSPS) is 10.5. The molecule has 0 fully saturated rings. The molecule has 1 heterocycles. The van der Waals surface area contributed by atoms with E-state index in [0.29, 0.717) is 5.15 Å². The maximum atomic E-state index is 5.93. The lowest BCUT2D eigenvalue weighted by Gasteiger charge is -2.12. The van der Waals surface area contributed by atoms with Crippen LogP contribution < -0.4 is 5.32 Å². The Balaban J connectivity index is 2.37. The average molecular weight is 327 g/mol. The summed E-state index contributed by atoms with van der Waals surface area (Å²) in [6.45, 7) is 5.95. The Labute approximate surface area is 120 Å². The fourth-order valence-corrected chi connectivity index (χ4v) is 2.32. The molecule has 0 radical (unpaired) electrons. The molecule has 18 heavy (non-hydrogen) atoms. The molecule has 1 aromatic heterocycles. The molecule has 2 aromatic rings. The van der Waals surface area contributed by atoms with E-state index in [2.05, 4.69) is 31.4 Å². The Hall–Kier alpha value is -1.13. The molecule has 94 valence electrons. The molecule has 2 rings (SSSR count). The van der Waals surface area contributed by atoms with Crippen molar-refractivity contribution in [1.29, 1.82) is 0 Å². The Morgan fingerprint density at radius 2 is 1.83 bits per heavy atom. The Morgan fingerprint density at radius 1 is 1.11 bits per heavy atom. The van der Waals surface area contributed by atoms with Gasteiger partial charge in [0.2, 0.25) is 0 Å². The second-order valence-corrected chi connectivity index (χ2v) is 5.41. The fourth-order valence-electron chi connectivity index (χ4n) is 1.54. The number of hydrogen-bond donors (Lipinski definition) is 1. The van der Waals surface area contributed by atoms with Crippen LogP contribution in [0.3, 0.4) is 0 Å². The summed E-state index contributed by atoms with van der Waals surface area (Å²) in [6, 6.07) is 6.09. The molecule has 0 aliphatic carbocycles. The summed E-state index contributed by atoms with van der Waals surface area (Å²) in [5.74, 6) is 0.724. The second kappa shape index (κ2) is 5.24. The topological polar surface area (TPSA) is 37.8 Å². The van der Waals surface area contributed by atoms with Gasteiger partial charge in [0.15, 0.2) is 11.0 Å². The molecule has 0 spiro atoms. The number of halogens is 2. The minimum Gasteiger partial charge on any atom is -0.338 e. The van der Waals surface area contributed by atoms with E-state index in [4.69, 9.17) is 11.6 Å². The first kappa shape index (κ1) is 13.3. The van der Waals surface area contributed by atoms with Gasteiger partial charge in [0.1, 0.15) is 0 Å². The molecule has 1 aromatic carbocycles. The summed E-state index contributed by atoms with van der Waals surface area (Å²) >= 11 is 9.46. The minimum absolute atomic E-state index is 0.445. The Bertz CT molecular complexity index is 599. The molecular formula is C13H13BrClN3. The molecule has 0 saturated heterocycles. The third kappa shape index (κ3) is 2.65. The molecule has 0 amide bonds. The van der Waals surface area contributed by atoms with Crippen molar-refractivity contribution in [3.63, 3.8) is 0 Å². The van der Waals surface area contributed by atoms with Crippen LogP contribution >= 0.6 is 27.5 Å². The van der Waals surface area contributed by atoms with Crippen molar-refractivity contribution < 1.29 is 0 Å². The van der Waals surface area contributed by atoms with E-state index in [9.17, 15) is 0 Å². The third-order valence-corrected chi connectivity index (χ3v) is 3.86. The first-order valence-corrected chi connectivity index (χ1v) is 6.68. The van der Waals surface area contributed by atoms with E-state index < -0.39 is 0 Å². The van der Waals surface area contributed by atoms with Crippen molar-refractivity contribution in [1.82, 2.24) is 10.2 Å². The van der Waals surface area contributed by atoms with Crippen LogP contribution in [0.2, 0.25) is 5.15 Å². The van der Waals surface area contributed by atoms with Crippen molar-refractivity contribution in [2.45, 2.75) is 20.8 Å². The molecule has 0 saturated carbocycles. The van der Waals surface area contributed by atoms with Crippen molar-refractivity contribution in [2.75, 3.05) is 5.32 Å². The van der Waals surface area contributed by atoms with Gasteiger partial charge in [0.25, 0.3) is 0 Å². The molecular weight excluding hydrogens is 314 g/mol. The van der Waals surface area contributed by atoms with Gasteiger partial charge in [-0.1, -0.05) is 17.7 Å². The Morgan fingerprint density at radius 3 is 2.50 bits per heavy atom. The van der Waals surface area contributed by atoms with Crippen LogP contribution in [-0.2, 0) is 0 Å². The summed E-state index contributed by atoms with van der Waals surface area (Å²) in [7, 11) is 0. The van der Waals surface area contributed by atoms with Gasteiger partial charge < -0.3 is 5.32 Å². The predicted molar refractivity (Wildman–Crippen MR) is 78.7 cm³/mol. The summed E-state index contributed by atoms with van der Waals surface area (Å²) in [4.78, 5) is 0. The predicted octanol–water partition coefficient (Wildman–Crippen LogP) is 4.56. The van der Waals surface area contributed by atoms with E-state index in [-0.39, 0.29) is 0 Å². The lowest BCUT2D eigenvalue weighted by molar-refractivity contribution is 1.00. The van der Waals surface area contributed by atoms with E-state index >= 15 is 0 Å². The molecule has 5 heteroatoms. The first-order chi connectivity index (χ1) is 8.49. The molecule has 0 unspecified atom stereocenters. The molecule has 0 atom stereocenters. The first-order valence-electron chi connectivity index (χ1n) is 5.51. The van der Waals surface area contributed by atoms with Gasteiger partial charge in [-0.3, -0.25) is 0 Å². The van der Waals surface area contributed by atoms with Gasteiger partial charge in [-0.25, -0.2) is 0 Å². The van der Waals surface area contributed by atoms with Crippen LogP contribution in [-0.4, -0.2) is 10.2 Å². The highest BCUT2D eigenvalue weighted by atomic mass is 79.9. The maximum absolute atomic E-state index is 5.93. The molecule has 0 aliphatic rings. The average Bonchev–Trinajstić information content (AvgIpc) is 2.33. The molecule has 1 N–H and O–H groups in total. The van der Waals surface area contributed by atoms with Gasteiger partial charge in [-0.15, -0.1) is 10.2 Å². The van der Waals surface area contributed by atoms with E-state index in [0.717, 1.165) is 27.1 Å². The monoisotopic (exact) mass is 325 g/mol. The van der Waals surface area contributed by atoms with Gasteiger partial charge >= 0.3 is 0 Å². The number of nitrogens with one attached hydrogen (secondary N) is 1. The zero-order valence-electron chi connectivity index (χ0n) is 10.4. The van der Waals surface area contributed by atoms with Crippen LogP contribution in [0.4, 0.5) is 11.5 Å². The largest absolute Gasteiger partial charge is 0.338 e. The van der Waals surface area contributed by atoms with Gasteiger partial charge in [0, 0.05) is 4.47 Å². The SMILES string of the molecule is Cc1ccc(Nc2nnc(Cl)c(C)c2C)c(Br)c1. The second-order valence-electron chi connectivity index (χ2n) is 4.20. The van der Waals surface area contributed by atoms with Crippen molar-refractivity contribution in [2.24, 2.45) is 0 Å². The number of benzene rings is 1. The van der Waals surface area contributed by atoms with Crippen LogP contribution in [0.15, 0.2) is 22.7 Å². The maximum Gasteiger partial charge on any atom is 0.156 e. The summed E-state index contributed by atoms with van der Waals surface area (Å²) < 4.78 is 0.997. The molecule has 0 bridgehead atoms. The van der Waals surface area contributed by atoms with Gasteiger partial charge in [0.05, 0.1) is 5.69 Å². The zero-order chi connectivity index (χ0) is 13.3. The van der Waals surface area contributed by atoms with Crippen molar-refractivity contribution in [3.8, 4) is 0 Å². The zero-order valence-corrected chi connectivity index (χ0v) is 12.7. The quantitative estimate of drug-likeness (QED) is 0.879. The highest BCUT2D eigenvalue weighted by molar-refractivity contribution is 9.10. The van der Waals surface area contributed by atoms with Crippen molar-refractivity contribution >= 4 is 39.0 Å². The number of hydrogen-bond acceptors (Lipinski definition) is 3. The van der Waals surface area contributed by atoms with Crippen LogP contribution in [0.25, 0.3) is 0 Å². The smallest absolute Gasteiger partial charge is 0.156 e. The molecule has 0 aliphatic heterocycles. The number of aromatic nitrogens is 2. The third-order valence-electron chi connectivity index (χ3n) is 2.84. The van der Waals surface area contributed by atoms with E-state index in [1.165, 1.54) is 5.56 Å². The fraction of sp³-hybridized carbons (Fsp3) is 0.231. The summed E-state index contributed by atoms with van der Waals surface area (Å²) in [5.41, 5.74) is 4.10. The highest BCUT2D eigenvalue weighted by Crippen LogP contribution is 2.28. The lowest BCUT2D eigenvalue weighted by atomic mass is 10.2. The van der Waals surface area contributed by atoms with E-state index in [1.54, 1.807) is 0 Å². The molecule has 3 nitrogen and oxygen atoms in total. The number of nitrogens with zero attached hydrogens (tertiary/aromatic N) is 2. The van der Waals surface area contributed by atoms with E-state index in [1.807, 2.05) is 39.0 Å². The highest BCUT2D eigenvalue weighted by Gasteiger charge is 2.09. The summed E-state index contributed by atoms with van der Waals surface area (Å²) in [6.07, 6.45) is 0. The van der Waals surface area contributed by atoms with Crippen LogP contribution in [0, 0.1) is 20.8 Å². The van der Waals surface area contributed by atoms with Crippen LogP contribution in [0.5, 0.6) is 0 Å². The minimum atomic E-state index is 0.445. The summed E-state index contributed by atoms with van der Waals surface area (Å²) in [5, 5.41) is 11.7. The van der Waals surface area contributed by atoms with Gasteiger partial charge in [-0.05, 0) is 65.5 Å². The van der Waals surface area contributed by atoms with Gasteiger partial charge in [-0.2, -0.15) is 0 Å². The lowest BCUT2D eigenvalue weighted by Crippen LogP contribution is -2.01. The Kier molecular flexibility index (Phi) is 3.88. The number of aryl methyl sites for hydroxylation is 1. The number of rotatable bonds is 2.